The first kappa shape index (κ1) is 20.1. The number of hydrogen-bond acceptors (Lipinski definition) is 1. The number of carbonyl (C=O) groups is 1. The average molecular weight is 316 g/mol. The molecule has 0 fully saturated rings. The van der Waals surface area contributed by atoms with Crippen molar-refractivity contribution in [2.45, 2.75) is 69.9 Å². The SMILES string of the molecule is [CH2]CCCCCCCNC(=O)CCCC(F)(F)C(F)(F)F. The van der Waals surface area contributed by atoms with Crippen molar-refractivity contribution in [3.8, 4) is 0 Å². The highest BCUT2D eigenvalue weighted by Crippen LogP contribution is 2.38. The molecule has 2 nitrogen and oxygen atoms in total. The van der Waals surface area contributed by atoms with Crippen LogP contribution in [0.3, 0.4) is 0 Å². The molecule has 0 aliphatic heterocycles. The molecule has 0 heterocycles. The second-order valence-corrected chi connectivity index (χ2v) is 5.03. The van der Waals surface area contributed by atoms with Crippen LogP contribution in [0.2, 0.25) is 0 Å². The van der Waals surface area contributed by atoms with E-state index in [0.717, 1.165) is 38.5 Å². The molecule has 1 radical (unpaired) electrons. The van der Waals surface area contributed by atoms with Crippen LogP contribution in [-0.4, -0.2) is 24.6 Å². The molecule has 0 saturated heterocycles. The third-order valence-electron chi connectivity index (χ3n) is 3.06. The minimum absolute atomic E-state index is 0.312. The van der Waals surface area contributed by atoms with Crippen LogP contribution in [0.15, 0.2) is 0 Å². The first-order chi connectivity index (χ1) is 9.70. The van der Waals surface area contributed by atoms with Gasteiger partial charge in [-0.1, -0.05) is 39.0 Å². The van der Waals surface area contributed by atoms with E-state index in [0.29, 0.717) is 6.54 Å². The molecule has 0 bridgehead atoms. The molecule has 0 aromatic heterocycles. The Kier molecular flexibility index (Phi) is 9.53. The van der Waals surface area contributed by atoms with Crippen molar-refractivity contribution < 1.29 is 26.7 Å². The van der Waals surface area contributed by atoms with E-state index in [-0.39, 0.29) is 6.42 Å². The summed E-state index contributed by atoms with van der Waals surface area (Å²) in [4.78, 5) is 11.3. The number of amides is 1. The van der Waals surface area contributed by atoms with Crippen molar-refractivity contribution >= 4 is 5.91 Å². The predicted octanol–water partition coefficient (Wildman–Crippen LogP) is 4.65. The van der Waals surface area contributed by atoms with E-state index in [1.807, 2.05) is 0 Å². The highest BCUT2D eigenvalue weighted by atomic mass is 19.4. The zero-order chi connectivity index (χ0) is 16.4. The van der Waals surface area contributed by atoms with Gasteiger partial charge in [-0.2, -0.15) is 22.0 Å². The van der Waals surface area contributed by atoms with Crippen molar-refractivity contribution in [2.75, 3.05) is 6.54 Å². The monoisotopic (exact) mass is 316 g/mol. The molecule has 21 heavy (non-hydrogen) atoms. The molecule has 0 spiro atoms. The maximum atomic E-state index is 12.6. The third-order valence-corrected chi connectivity index (χ3v) is 3.06. The molecule has 0 unspecified atom stereocenters. The van der Waals surface area contributed by atoms with Gasteiger partial charge in [-0.3, -0.25) is 4.79 Å². The number of hydrogen-bond donors (Lipinski definition) is 1. The van der Waals surface area contributed by atoms with Crippen molar-refractivity contribution in [2.24, 2.45) is 0 Å². The standard InChI is InChI=1S/C14H23F5NO/c1-2-3-4-5-6-7-11-20-12(21)9-8-10-13(15,16)14(17,18)19/h1-11H2,(H,20,21). The van der Waals surface area contributed by atoms with Crippen LogP contribution in [0.1, 0.15) is 57.8 Å². The molecule has 0 saturated carbocycles. The molecule has 1 amide bonds. The Morgan fingerprint density at radius 1 is 0.905 bits per heavy atom. The van der Waals surface area contributed by atoms with Gasteiger partial charge >= 0.3 is 12.1 Å². The highest BCUT2D eigenvalue weighted by Gasteiger charge is 2.56. The quantitative estimate of drug-likeness (QED) is 0.436. The number of nitrogens with one attached hydrogen (secondary N) is 1. The topological polar surface area (TPSA) is 29.1 Å². The summed E-state index contributed by atoms with van der Waals surface area (Å²) in [6.07, 6.45) is -1.86. The fourth-order valence-corrected chi connectivity index (χ4v) is 1.76. The van der Waals surface area contributed by atoms with Gasteiger partial charge in [0.15, 0.2) is 0 Å². The molecule has 0 aliphatic carbocycles. The smallest absolute Gasteiger partial charge is 0.356 e. The molecule has 0 aromatic carbocycles. The molecule has 1 N–H and O–H groups in total. The van der Waals surface area contributed by atoms with Gasteiger partial charge in [-0.25, -0.2) is 0 Å². The molecular formula is C14H23F5NO. The lowest BCUT2D eigenvalue weighted by Gasteiger charge is -2.19. The van der Waals surface area contributed by atoms with Gasteiger partial charge in [-0.15, -0.1) is 0 Å². The van der Waals surface area contributed by atoms with Crippen LogP contribution in [0.5, 0.6) is 0 Å². The maximum absolute atomic E-state index is 12.6. The van der Waals surface area contributed by atoms with Gasteiger partial charge in [0.1, 0.15) is 0 Å². The van der Waals surface area contributed by atoms with E-state index in [1.165, 1.54) is 0 Å². The lowest BCUT2D eigenvalue weighted by Crippen LogP contribution is -2.36. The van der Waals surface area contributed by atoms with E-state index < -0.39 is 30.8 Å². The number of rotatable bonds is 11. The molecule has 7 heteroatoms. The first-order valence-electron chi connectivity index (χ1n) is 7.21. The first-order valence-corrected chi connectivity index (χ1v) is 7.21. The van der Waals surface area contributed by atoms with Gasteiger partial charge < -0.3 is 5.32 Å². The number of alkyl halides is 5. The molecule has 0 aliphatic rings. The van der Waals surface area contributed by atoms with Crippen LogP contribution in [0.25, 0.3) is 0 Å². The summed E-state index contributed by atoms with van der Waals surface area (Å²) >= 11 is 0. The minimum atomic E-state index is -5.54. The lowest BCUT2D eigenvalue weighted by atomic mass is 10.1. The summed E-state index contributed by atoms with van der Waals surface area (Å²) in [5.41, 5.74) is 0. The van der Waals surface area contributed by atoms with E-state index in [4.69, 9.17) is 0 Å². The Hall–Kier alpha value is -0.880. The Balaban J connectivity index is 3.60. The van der Waals surface area contributed by atoms with E-state index in [1.54, 1.807) is 0 Å². The predicted molar refractivity (Wildman–Crippen MR) is 70.9 cm³/mol. The number of carbonyl (C=O) groups excluding carboxylic acids is 1. The van der Waals surface area contributed by atoms with Crippen molar-refractivity contribution in [1.82, 2.24) is 5.32 Å². The van der Waals surface area contributed by atoms with Gasteiger partial charge in [0.05, 0.1) is 0 Å². The number of unbranched alkanes of at least 4 members (excludes halogenated alkanes) is 5. The fraction of sp³-hybridized carbons (Fsp3) is 0.857. The van der Waals surface area contributed by atoms with Crippen LogP contribution in [0.4, 0.5) is 22.0 Å². The largest absolute Gasteiger partial charge is 0.453 e. The zero-order valence-corrected chi connectivity index (χ0v) is 12.1. The Morgan fingerprint density at radius 3 is 2.05 bits per heavy atom. The molecule has 0 aromatic rings. The number of halogens is 5. The van der Waals surface area contributed by atoms with Crippen molar-refractivity contribution in [3.05, 3.63) is 6.92 Å². The van der Waals surface area contributed by atoms with Crippen molar-refractivity contribution in [3.63, 3.8) is 0 Å². The van der Waals surface area contributed by atoms with Gasteiger partial charge in [0, 0.05) is 19.4 Å². The van der Waals surface area contributed by atoms with E-state index >= 15 is 0 Å². The van der Waals surface area contributed by atoms with Crippen molar-refractivity contribution in [1.29, 1.82) is 0 Å². The normalized spacial score (nSPS) is 12.5. The summed E-state index contributed by atoms with van der Waals surface area (Å²) in [5.74, 6) is -5.20. The highest BCUT2D eigenvalue weighted by molar-refractivity contribution is 5.75. The zero-order valence-electron chi connectivity index (χ0n) is 12.1. The molecule has 125 valence electrons. The Bertz CT molecular complexity index is 292. The average Bonchev–Trinajstić information content (AvgIpc) is 2.36. The summed E-state index contributed by atoms with van der Waals surface area (Å²) in [6.45, 7) is 4.15. The fourth-order valence-electron chi connectivity index (χ4n) is 1.76. The maximum Gasteiger partial charge on any atom is 0.453 e. The van der Waals surface area contributed by atoms with Gasteiger partial charge in [-0.05, 0) is 12.8 Å². The van der Waals surface area contributed by atoms with Crippen LogP contribution in [0, 0.1) is 6.92 Å². The van der Waals surface area contributed by atoms with E-state index in [2.05, 4.69) is 12.2 Å². The molecule has 0 rings (SSSR count). The van der Waals surface area contributed by atoms with Crippen LogP contribution in [-0.2, 0) is 4.79 Å². The van der Waals surface area contributed by atoms with Crippen LogP contribution >= 0.6 is 0 Å². The summed E-state index contributed by atoms with van der Waals surface area (Å²) in [6, 6.07) is 0. The minimum Gasteiger partial charge on any atom is -0.356 e. The van der Waals surface area contributed by atoms with Crippen LogP contribution < -0.4 is 5.32 Å². The second kappa shape index (κ2) is 9.95. The Morgan fingerprint density at radius 2 is 1.48 bits per heavy atom. The van der Waals surface area contributed by atoms with E-state index in [9.17, 15) is 26.7 Å². The molecule has 0 atom stereocenters. The summed E-state index contributed by atoms with van der Waals surface area (Å²) in [7, 11) is 0. The molecular weight excluding hydrogens is 293 g/mol. The van der Waals surface area contributed by atoms with Gasteiger partial charge in [0.25, 0.3) is 0 Å². The lowest BCUT2D eigenvalue weighted by molar-refractivity contribution is -0.284. The summed E-state index contributed by atoms with van der Waals surface area (Å²) < 4.78 is 60.8. The second-order valence-electron chi connectivity index (χ2n) is 5.03. The summed E-state index contributed by atoms with van der Waals surface area (Å²) in [5, 5.41) is 2.52. The van der Waals surface area contributed by atoms with Gasteiger partial charge in [0.2, 0.25) is 5.91 Å². The third kappa shape index (κ3) is 9.63. The Labute approximate surface area is 122 Å².